The zero-order valence-corrected chi connectivity index (χ0v) is 13.7. The van der Waals surface area contributed by atoms with Gasteiger partial charge in [-0.05, 0) is 36.3 Å². The third-order valence-corrected chi connectivity index (χ3v) is 5.00. The first-order valence-electron chi connectivity index (χ1n) is 6.89. The van der Waals surface area contributed by atoms with Crippen LogP contribution in [0, 0.1) is 0 Å². The fourth-order valence-corrected chi connectivity index (χ4v) is 3.50. The Balaban J connectivity index is 2.00. The fourth-order valence-electron chi connectivity index (χ4n) is 2.63. The second-order valence-electron chi connectivity index (χ2n) is 4.89. The van der Waals surface area contributed by atoms with E-state index >= 15 is 0 Å². The van der Waals surface area contributed by atoms with Crippen LogP contribution in [-0.2, 0) is 0 Å². The number of aromatic amines is 1. The predicted octanol–water partition coefficient (Wildman–Crippen LogP) is 4.57. The van der Waals surface area contributed by atoms with Crippen LogP contribution in [0.3, 0.4) is 0 Å². The molecular formula is C17H18N2S2. The lowest BCUT2D eigenvalue weighted by atomic mass is 9.89. The Morgan fingerprint density at radius 2 is 1.86 bits per heavy atom. The number of hydrogen-bond donors (Lipinski definition) is 1. The molecule has 0 amide bonds. The van der Waals surface area contributed by atoms with Gasteiger partial charge < -0.3 is 4.98 Å². The highest BCUT2D eigenvalue weighted by atomic mass is 32.2. The van der Waals surface area contributed by atoms with Crippen molar-refractivity contribution in [2.75, 3.05) is 12.5 Å². The first-order chi connectivity index (χ1) is 10.3. The molecule has 2 nitrogen and oxygen atoms in total. The summed E-state index contributed by atoms with van der Waals surface area (Å²) in [4.78, 5) is 8.36. The van der Waals surface area contributed by atoms with Crippen LogP contribution in [-0.4, -0.2) is 28.6 Å². The first kappa shape index (κ1) is 14.5. The maximum Gasteiger partial charge on any atom is 0.0906 e. The third kappa shape index (κ3) is 3.11. The molecule has 1 aliphatic heterocycles. The molecule has 1 N–H and O–H groups in total. The van der Waals surface area contributed by atoms with Crippen molar-refractivity contribution in [2.45, 2.75) is 17.0 Å². The van der Waals surface area contributed by atoms with Crippen LogP contribution in [0.5, 0.6) is 0 Å². The normalized spacial score (nSPS) is 18.8. The molecule has 0 fully saturated rings. The third-order valence-electron chi connectivity index (χ3n) is 3.66. The van der Waals surface area contributed by atoms with Gasteiger partial charge in [-0.25, -0.2) is 0 Å². The number of rotatable bonds is 4. The highest BCUT2D eigenvalue weighted by Crippen LogP contribution is 2.33. The van der Waals surface area contributed by atoms with Crippen molar-refractivity contribution in [1.29, 1.82) is 0 Å². The maximum absolute atomic E-state index is 4.84. The second kappa shape index (κ2) is 6.58. The largest absolute Gasteiger partial charge is 0.353 e. The molecule has 0 radical (unpaired) electrons. The van der Waals surface area contributed by atoms with Crippen LogP contribution in [0.1, 0.15) is 17.2 Å². The minimum absolute atomic E-state index is 0.170. The standard InChI is InChI=1S/C17H18N2S2/c1-20-15-10-8-13(18-15)17(12-6-4-3-5-7-12)14-9-11-16(19-14)21-2/h3-11,13,17,19H,1-2H3. The Hall–Kier alpha value is -1.39. The highest BCUT2D eigenvalue weighted by Gasteiger charge is 2.26. The molecule has 3 rings (SSSR count). The van der Waals surface area contributed by atoms with E-state index < -0.39 is 0 Å². The van der Waals surface area contributed by atoms with E-state index in [1.54, 1.807) is 23.5 Å². The van der Waals surface area contributed by atoms with Gasteiger partial charge in [0.2, 0.25) is 0 Å². The molecule has 1 aromatic carbocycles. The van der Waals surface area contributed by atoms with E-state index in [-0.39, 0.29) is 12.0 Å². The topological polar surface area (TPSA) is 28.1 Å². The monoisotopic (exact) mass is 314 g/mol. The van der Waals surface area contributed by atoms with Crippen LogP contribution in [0.4, 0.5) is 0 Å². The zero-order chi connectivity index (χ0) is 14.7. The van der Waals surface area contributed by atoms with Crippen LogP contribution < -0.4 is 0 Å². The molecule has 4 heteroatoms. The lowest BCUT2D eigenvalue weighted by Gasteiger charge is -2.20. The molecule has 1 aliphatic rings. The van der Waals surface area contributed by atoms with Crippen molar-refractivity contribution in [1.82, 2.24) is 4.98 Å². The minimum atomic E-state index is 0.170. The zero-order valence-electron chi connectivity index (χ0n) is 12.1. The van der Waals surface area contributed by atoms with Crippen molar-refractivity contribution < 1.29 is 0 Å². The van der Waals surface area contributed by atoms with Gasteiger partial charge in [-0.2, -0.15) is 0 Å². The fraction of sp³-hybridized carbons (Fsp3) is 0.235. The molecular weight excluding hydrogens is 296 g/mol. The van der Waals surface area contributed by atoms with Gasteiger partial charge >= 0.3 is 0 Å². The number of aliphatic imine (C=N–C) groups is 1. The molecule has 108 valence electrons. The molecule has 0 spiro atoms. The Labute approximate surface area is 134 Å². The van der Waals surface area contributed by atoms with E-state index in [0.717, 1.165) is 5.04 Å². The van der Waals surface area contributed by atoms with Gasteiger partial charge in [0.1, 0.15) is 0 Å². The van der Waals surface area contributed by atoms with Gasteiger partial charge in [0.05, 0.1) is 22.0 Å². The van der Waals surface area contributed by atoms with E-state index in [2.05, 4.69) is 72.1 Å². The summed E-state index contributed by atoms with van der Waals surface area (Å²) in [5.41, 5.74) is 2.53. The summed E-state index contributed by atoms with van der Waals surface area (Å²) in [6.45, 7) is 0. The van der Waals surface area contributed by atoms with Crippen LogP contribution in [0.15, 0.2) is 64.6 Å². The summed E-state index contributed by atoms with van der Waals surface area (Å²) in [7, 11) is 0. The molecule has 1 aromatic heterocycles. The summed E-state index contributed by atoms with van der Waals surface area (Å²) in [5, 5.41) is 2.31. The smallest absolute Gasteiger partial charge is 0.0906 e. The number of hydrogen-bond acceptors (Lipinski definition) is 3. The Kier molecular flexibility index (Phi) is 4.56. The van der Waals surface area contributed by atoms with Crippen LogP contribution >= 0.6 is 23.5 Å². The number of nitrogens with one attached hydrogen (secondary N) is 1. The van der Waals surface area contributed by atoms with E-state index in [1.165, 1.54) is 16.3 Å². The number of benzene rings is 1. The molecule has 0 aliphatic carbocycles. The van der Waals surface area contributed by atoms with Gasteiger partial charge in [-0.15, -0.1) is 23.5 Å². The maximum atomic E-state index is 4.84. The SMILES string of the molecule is CSC1=NC(C(c2ccccc2)c2ccc(SC)[nH]2)C=C1. The molecule has 21 heavy (non-hydrogen) atoms. The second-order valence-corrected chi connectivity index (χ2v) is 6.57. The predicted molar refractivity (Wildman–Crippen MR) is 94.7 cm³/mol. The van der Waals surface area contributed by atoms with E-state index in [0.29, 0.717) is 0 Å². The van der Waals surface area contributed by atoms with Crippen molar-refractivity contribution >= 4 is 28.6 Å². The van der Waals surface area contributed by atoms with Crippen molar-refractivity contribution in [3.05, 3.63) is 65.9 Å². The number of thioether (sulfide) groups is 2. The molecule has 2 aromatic rings. The summed E-state index contributed by atoms with van der Waals surface area (Å²) >= 11 is 3.44. The lowest BCUT2D eigenvalue weighted by molar-refractivity contribution is 0.692. The minimum Gasteiger partial charge on any atom is -0.353 e. The average molecular weight is 314 g/mol. The molecule has 0 bridgehead atoms. The van der Waals surface area contributed by atoms with Crippen LogP contribution in [0.25, 0.3) is 0 Å². The molecule has 0 saturated heterocycles. The van der Waals surface area contributed by atoms with Crippen molar-refractivity contribution in [3.8, 4) is 0 Å². The Morgan fingerprint density at radius 1 is 1.05 bits per heavy atom. The first-order valence-corrected chi connectivity index (χ1v) is 9.34. The number of H-pyrrole nitrogens is 1. The summed E-state index contributed by atoms with van der Waals surface area (Å²) in [6.07, 6.45) is 8.50. The van der Waals surface area contributed by atoms with Gasteiger partial charge in [0, 0.05) is 5.69 Å². The van der Waals surface area contributed by atoms with E-state index in [1.807, 2.05) is 0 Å². The Bertz CT molecular complexity index is 658. The lowest BCUT2D eigenvalue weighted by Crippen LogP contribution is -2.15. The number of nitrogens with zero attached hydrogens (tertiary/aromatic N) is 1. The van der Waals surface area contributed by atoms with Gasteiger partial charge in [-0.1, -0.05) is 36.4 Å². The van der Waals surface area contributed by atoms with Crippen molar-refractivity contribution in [2.24, 2.45) is 4.99 Å². The summed E-state index contributed by atoms with van der Waals surface area (Å²) in [5.74, 6) is 0.244. The van der Waals surface area contributed by atoms with Gasteiger partial charge in [-0.3, -0.25) is 4.99 Å². The summed E-state index contributed by atoms with van der Waals surface area (Å²) < 4.78 is 0. The number of aromatic nitrogens is 1. The molecule has 2 unspecified atom stereocenters. The molecule has 2 heterocycles. The van der Waals surface area contributed by atoms with Gasteiger partial charge in [0.15, 0.2) is 0 Å². The summed E-state index contributed by atoms with van der Waals surface area (Å²) in [6, 6.07) is 15.1. The molecule has 0 saturated carbocycles. The van der Waals surface area contributed by atoms with Gasteiger partial charge in [0.25, 0.3) is 0 Å². The van der Waals surface area contributed by atoms with E-state index in [9.17, 15) is 0 Å². The Morgan fingerprint density at radius 3 is 2.48 bits per heavy atom. The van der Waals surface area contributed by atoms with E-state index in [4.69, 9.17) is 4.99 Å². The molecule has 2 atom stereocenters. The van der Waals surface area contributed by atoms with Crippen molar-refractivity contribution in [3.63, 3.8) is 0 Å². The highest BCUT2D eigenvalue weighted by molar-refractivity contribution is 8.13. The average Bonchev–Trinajstić information content (AvgIpc) is 3.18. The quantitative estimate of drug-likeness (QED) is 0.837. The van der Waals surface area contributed by atoms with Crippen LogP contribution in [0.2, 0.25) is 0 Å².